The Bertz CT molecular complexity index is 615. The lowest BCUT2D eigenvalue weighted by molar-refractivity contribution is 0.213. The van der Waals surface area contributed by atoms with Crippen molar-refractivity contribution < 1.29 is 9.84 Å². The molecule has 0 radical (unpaired) electrons. The number of halogens is 1. The Labute approximate surface area is 129 Å². The number of aliphatic hydroxyl groups is 1. The predicted molar refractivity (Wildman–Crippen MR) is 78.7 cm³/mol. The van der Waals surface area contributed by atoms with Crippen LogP contribution in [-0.2, 0) is 0 Å². The molecule has 1 unspecified atom stereocenters. The molecule has 1 N–H and O–H groups in total. The zero-order valence-corrected chi connectivity index (χ0v) is 13.3. The van der Waals surface area contributed by atoms with Crippen molar-refractivity contribution in [3.05, 3.63) is 33.5 Å². The second-order valence-corrected chi connectivity index (χ2v) is 7.08. The van der Waals surface area contributed by atoms with Gasteiger partial charge in [0.05, 0.1) is 12.3 Å². The van der Waals surface area contributed by atoms with Crippen LogP contribution in [0.15, 0.2) is 22.8 Å². The Morgan fingerprint density at radius 1 is 1.45 bits per heavy atom. The lowest BCUT2D eigenvalue weighted by Gasteiger charge is -2.07. The molecule has 1 fully saturated rings. The van der Waals surface area contributed by atoms with Gasteiger partial charge in [0, 0.05) is 5.41 Å². The Balaban J connectivity index is 1.69. The minimum absolute atomic E-state index is 0.302. The first kappa shape index (κ1) is 13.9. The number of hydrogen-bond donors (Lipinski definition) is 1. The zero-order valence-electron chi connectivity index (χ0n) is 10.9. The van der Waals surface area contributed by atoms with Crippen LogP contribution in [0.1, 0.15) is 36.6 Å². The van der Waals surface area contributed by atoms with E-state index in [9.17, 15) is 5.11 Å². The summed E-state index contributed by atoms with van der Waals surface area (Å²) in [5.41, 5.74) is 0.840. The van der Waals surface area contributed by atoms with E-state index in [2.05, 4.69) is 38.0 Å². The fourth-order valence-corrected chi connectivity index (χ4v) is 2.74. The topological polar surface area (TPSA) is 68.1 Å². The van der Waals surface area contributed by atoms with Crippen LogP contribution in [0.2, 0.25) is 0 Å². The maximum absolute atomic E-state index is 10.2. The average Bonchev–Trinajstić information content (AvgIpc) is 3.00. The zero-order chi connectivity index (χ0) is 14.2. The van der Waals surface area contributed by atoms with Gasteiger partial charge in [0.15, 0.2) is 5.01 Å². The minimum atomic E-state index is -0.876. The molecule has 1 atom stereocenters. The highest BCUT2D eigenvalue weighted by molar-refractivity contribution is 9.10. The highest BCUT2D eigenvalue weighted by atomic mass is 79.9. The molecule has 1 aliphatic carbocycles. The van der Waals surface area contributed by atoms with E-state index in [1.807, 2.05) is 6.07 Å². The number of hydrogen-bond acceptors (Lipinski definition) is 6. The molecule has 0 bridgehead atoms. The molecule has 7 heteroatoms. The molecule has 20 heavy (non-hydrogen) atoms. The van der Waals surface area contributed by atoms with Crippen LogP contribution in [0.4, 0.5) is 0 Å². The van der Waals surface area contributed by atoms with Crippen molar-refractivity contribution >= 4 is 27.3 Å². The van der Waals surface area contributed by atoms with E-state index in [1.54, 1.807) is 12.1 Å². The van der Waals surface area contributed by atoms with E-state index in [1.165, 1.54) is 24.2 Å². The predicted octanol–water partition coefficient (Wildman–Crippen LogP) is 2.96. The summed E-state index contributed by atoms with van der Waals surface area (Å²) in [6, 6.07) is 5.38. The molecule has 1 aliphatic rings. The number of aromatic nitrogens is 3. The summed E-state index contributed by atoms with van der Waals surface area (Å²) in [5.74, 6) is 0. The molecule has 1 saturated carbocycles. The third kappa shape index (κ3) is 3.16. The van der Waals surface area contributed by atoms with Gasteiger partial charge in [-0.3, -0.25) is 0 Å². The molecular formula is C13H14BrN3O2S. The molecule has 0 amide bonds. The molecule has 0 aromatic carbocycles. The van der Waals surface area contributed by atoms with Crippen LogP contribution in [0.3, 0.4) is 0 Å². The van der Waals surface area contributed by atoms with Gasteiger partial charge in [0.2, 0.25) is 0 Å². The first-order valence-electron chi connectivity index (χ1n) is 6.32. The smallest absolute Gasteiger partial charge is 0.294 e. The quantitative estimate of drug-likeness (QED) is 0.835. The number of rotatable bonds is 5. The minimum Gasteiger partial charge on any atom is -0.468 e. The number of ether oxygens (including phenoxy) is 1. The van der Waals surface area contributed by atoms with Crippen LogP contribution in [0.5, 0.6) is 5.19 Å². The lowest BCUT2D eigenvalue weighted by atomic mass is 10.2. The Morgan fingerprint density at radius 3 is 2.95 bits per heavy atom. The fourth-order valence-electron chi connectivity index (χ4n) is 1.69. The van der Waals surface area contributed by atoms with E-state index >= 15 is 0 Å². The molecule has 106 valence electrons. The van der Waals surface area contributed by atoms with Gasteiger partial charge in [0.25, 0.3) is 5.19 Å². The van der Waals surface area contributed by atoms with E-state index in [0.717, 1.165) is 0 Å². The number of nitrogens with zero attached hydrogens (tertiary/aromatic N) is 3. The van der Waals surface area contributed by atoms with Crippen LogP contribution in [0, 0.1) is 5.41 Å². The molecule has 0 saturated heterocycles. The van der Waals surface area contributed by atoms with Crippen molar-refractivity contribution in [1.29, 1.82) is 0 Å². The SMILES string of the molecule is CC1(COc2nnc(C(O)c3cccc(Br)n3)s2)CC1. The van der Waals surface area contributed by atoms with Crippen molar-refractivity contribution in [2.75, 3.05) is 6.61 Å². The van der Waals surface area contributed by atoms with E-state index < -0.39 is 6.10 Å². The maximum Gasteiger partial charge on any atom is 0.294 e. The summed E-state index contributed by atoms with van der Waals surface area (Å²) in [4.78, 5) is 4.22. The standard InChI is InChI=1S/C13H14BrN3O2S/c1-13(5-6-13)7-19-12-17-16-11(20-12)10(18)8-3-2-4-9(14)15-8/h2-4,10,18H,5-7H2,1H3. The maximum atomic E-state index is 10.2. The number of pyridine rings is 1. The summed E-state index contributed by atoms with van der Waals surface area (Å²) in [6.45, 7) is 2.85. The largest absolute Gasteiger partial charge is 0.468 e. The van der Waals surface area contributed by atoms with E-state index in [0.29, 0.717) is 32.5 Å². The van der Waals surface area contributed by atoms with Gasteiger partial charge in [-0.05, 0) is 40.9 Å². The number of aliphatic hydroxyl groups excluding tert-OH is 1. The second-order valence-electron chi connectivity index (χ2n) is 5.29. The lowest BCUT2D eigenvalue weighted by Crippen LogP contribution is -2.08. The monoisotopic (exact) mass is 355 g/mol. The summed E-state index contributed by atoms with van der Waals surface area (Å²) in [6.07, 6.45) is 1.52. The third-order valence-electron chi connectivity index (χ3n) is 3.32. The Hall–Kier alpha value is -1.05. The molecule has 0 aliphatic heterocycles. The van der Waals surface area contributed by atoms with Crippen LogP contribution in [0.25, 0.3) is 0 Å². The molecule has 5 nitrogen and oxygen atoms in total. The highest BCUT2D eigenvalue weighted by Gasteiger charge is 2.38. The summed E-state index contributed by atoms with van der Waals surface area (Å²) in [7, 11) is 0. The Kier molecular flexibility index (Phi) is 3.74. The van der Waals surface area contributed by atoms with Gasteiger partial charge in [-0.1, -0.05) is 29.4 Å². The van der Waals surface area contributed by atoms with Crippen molar-refractivity contribution in [3.63, 3.8) is 0 Å². The summed E-state index contributed by atoms with van der Waals surface area (Å²) in [5, 5.41) is 19.2. The van der Waals surface area contributed by atoms with Crippen molar-refractivity contribution in [2.45, 2.75) is 25.9 Å². The normalized spacial score (nSPS) is 17.8. The van der Waals surface area contributed by atoms with Gasteiger partial charge in [-0.15, -0.1) is 5.10 Å². The van der Waals surface area contributed by atoms with Crippen LogP contribution in [-0.4, -0.2) is 26.9 Å². The summed E-state index contributed by atoms with van der Waals surface area (Å²) < 4.78 is 6.30. The fraction of sp³-hybridized carbons (Fsp3) is 0.462. The molecule has 2 aromatic heterocycles. The van der Waals surface area contributed by atoms with Crippen molar-refractivity contribution in [1.82, 2.24) is 15.2 Å². The van der Waals surface area contributed by atoms with Gasteiger partial charge >= 0.3 is 0 Å². The van der Waals surface area contributed by atoms with Crippen LogP contribution < -0.4 is 4.74 Å². The highest BCUT2D eigenvalue weighted by Crippen LogP contribution is 2.45. The molecule has 0 spiro atoms. The summed E-state index contributed by atoms with van der Waals surface area (Å²) >= 11 is 4.54. The molecular weight excluding hydrogens is 342 g/mol. The van der Waals surface area contributed by atoms with Crippen molar-refractivity contribution in [2.24, 2.45) is 5.41 Å². The molecule has 3 rings (SSSR count). The average molecular weight is 356 g/mol. The van der Waals surface area contributed by atoms with E-state index in [-0.39, 0.29) is 0 Å². The first-order valence-corrected chi connectivity index (χ1v) is 7.93. The third-order valence-corrected chi connectivity index (χ3v) is 4.65. The first-order chi connectivity index (χ1) is 9.56. The Morgan fingerprint density at radius 2 is 2.25 bits per heavy atom. The second kappa shape index (κ2) is 5.38. The molecule has 2 heterocycles. The van der Waals surface area contributed by atoms with E-state index in [4.69, 9.17) is 4.74 Å². The van der Waals surface area contributed by atoms with Gasteiger partial charge < -0.3 is 9.84 Å². The van der Waals surface area contributed by atoms with Gasteiger partial charge in [0.1, 0.15) is 10.7 Å². The molecule has 2 aromatic rings. The van der Waals surface area contributed by atoms with Crippen molar-refractivity contribution in [3.8, 4) is 5.19 Å². The van der Waals surface area contributed by atoms with Crippen LogP contribution >= 0.6 is 27.3 Å². The van der Waals surface area contributed by atoms with Gasteiger partial charge in [-0.2, -0.15) is 0 Å². The van der Waals surface area contributed by atoms with Gasteiger partial charge in [-0.25, -0.2) is 4.98 Å².